The zero-order valence-corrected chi connectivity index (χ0v) is 7.09. The minimum atomic E-state index is -0.0600. The summed E-state index contributed by atoms with van der Waals surface area (Å²) in [7, 11) is 1.66. The molecule has 0 unspecified atom stereocenters. The van der Waals surface area contributed by atoms with Crippen molar-refractivity contribution in [1.29, 1.82) is 0 Å². The first-order chi connectivity index (χ1) is 4.74. The quantitative estimate of drug-likeness (QED) is 0.397. The van der Waals surface area contributed by atoms with E-state index in [1.54, 1.807) is 7.11 Å². The Bertz CT molecular complexity index is 73.4. The Morgan fingerprint density at radius 2 is 1.80 bits per heavy atom. The van der Waals surface area contributed by atoms with Crippen LogP contribution in [-0.2, 0) is 4.84 Å². The minimum Gasteiger partial charge on any atom is -0.850 e. The Kier molecular flexibility index (Phi) is 4.60. The van der Waals surface area contributed by atoms with Gasteiger partial charge in [-0.05, 0) is 13.8 Å². The lowest BCUT2D eigenvalue weighted by Gasteiger charge is -2.33. The Morgan fingerprint density at radius 1 is 1.30 bits per heavy atom. The lowest BCUT2D eigenvalue weighted by molar-refractivity contribution is -1.10. The maximum absolute atomic E-state index is 10.3. The maximum Gasteiger partial charge on any atom is 0.106 e. The number of hydrogen-bond donors (Lipinski definition) is 0. The van der Waals surface area contributed by atoms with Crippen molar-refractivity contribution in [3.05, 3.63) is 0 Å². The SMILES string of the molecule is CC[N+](CC)(CC[O-])OC. The van der Waals surface area contributed by atoms with Crippen LogP contribution in [-0.4, -0.2) is 38.0 Å². The summed E-state index contributed by atoms with van der Waals surface area (Å²) in [6.45, 7) is 6.31. The number of nitrogens with zero attached hydrogens (tertiary/aromatic N) is 1. The summed E-state index contributed by atoms with van der Waals surface area (Å²) in [6.07, 6.45) is 0. The zero-order valence-electron chi connectivity index (χ0n) is 7.09. The van der Waals surface area contributed by atoms with Gasteiger partial charge in [0.2, 0.25) is 0 Å². The molecule has 0 aliphatic rings. The van der Waals surface area contributed by atoms with Crippen molar-refractivity contribution in [1.82, 2.24) is 0 Å². The molecule has 3 nitrogen and oxygen atoms in total. The molecule has 0 bridgehead atoms. The average molecular weight is 147 g/mol. The number of quaternary nitrogens is 1. The van der Waals surface area contributed by atoms with Gasteiger partial charge in [-0.1, -0.05) is 6.61 Å². The standard InChI is InChI=1S/C7H17NO2/c1-4-8(5-2,10-3)6-7-9/h4-7H2,1-3H3. The Morgan fingerprint density at radius 3 is 1.90 bits per heavy atom. The second kappa shape index (κ2) is 4.66. The van der Waals surface area contributed by atoms with Crippen LogP contribution in [0.1, 0.15) is 13.8 Å². The Balaban J connectivity index is 3.87. The molecule has 0 radical (unpaired) electrons. The molecule has 0 rings (SSSR count). The monoisotopic (exact) mass is 147 g/mol. The first-order valence-corrected chi connectivity index (χ1v) is 3.74. The summed E-state index contributed by atoms with van der Waals surface area (Å²) >= 11 is 0. The predicted octanol–water partition coefficient (Wildman–Crippen LogP) is -0.235. The van der Waals surface area contributed by atoms with Crippen molar-refractivity contribution in [2.45, 2.75) is 13.8 Å². The topological polar surface area (TPSA) is 32.3 Å². The van der Waals surface area contributed by atoms with E-state index in [0.29, 0.717) is 11.2 Å². The molecule has 0 spiro atoms. The molecule has 0 aromatic rings. The van der Waals surface area contributed by atoms with E-state index in [0.717, 1.165) is 13.1 Å². The first-order valence-electron chi connectivity index (χ1n) is 3.74. The van der Waals surface area contributed by atoms with Crippen LogP contribution in [0.25, 0.3) is 0 Å². The van der Waals surface area contributed by atoms with E-state index in [2.05, 4.69) is 0 Å². The third-order valence-corrected chi connectivity index (χ3v) is 2.04. The van der Waals surface area contributed by atoms with Crippen LogP contribution in [0.2, 0.25) is 0 Å². The van der Waals surface area contributed by atoms with Crippen LogP contribution in [0.5, 0.6) is 0 Å². The third-order valence-electron chi connectivity index (χ3n) is 2.04. The van der Waals surface area contributed by atoms with Gasteiger partial charge in [-0.3, -0.25) is 0 Å². The molecule has 62 valence electrons. The molecule has 3 heteroatoms. The smallest absolute Gasteiger partial charge is 0.106 e. The normalized spacial score (nSPS) is 12.0. The predicted molar refractivity (Wildman–Crippen MR) is 38.1 cm³/mol. The fourth-order valence-electron chi connectivity index (χ4n) is 1.06. The lowest BCUT2D eigenvalue weighted by atomic mass is 10.4. The van der Waals surface area contributed by atoms with Crippen LogP contribution in [0.4, 0.5) is 0 Å². The molecular formula is C7H17NO2. The lowest BCUT2D eigenvalue weighted by Crippen LogP contribution is -2.50. The van der Waals surface area contributed by atoms with E-state index >= 15 is 0 Å². The van der Waals surface area contributed by atoms with E-state index in [1.807, 2.05) is 13.8 Å². The van der Waals surface area contributed by atoms with Gasteiger partial charge < -0.3 is 5.11 Å². The van der Waals surface area contributed by atoms with Gasteiger partial charge in [0.1, 0.15) is 13.1 Å². The molecule has 0 fully saturated rings. The molecule has 0 amide bonds. The molecule has 0 atom stereocenters. The van der Waals surface area contributed by atoms with Crippen molar-refractivity contribution in [2.24, 2.45) is 0 Å². The van der Waals surface area contributed by atoms with E-state index in [9.17, 15) is 5.11 Å². The molecule has 0 saturated carbocycles. The third kappa shape index (κ3) is 2.25. The fraction of sp³-hybridized carbons (Fsp3) is 1.00. The minimum absolute atomic E-state index is 0.0600. The molecule has 0 aliphatic heterocycles. The largest absolute Gasteiger partial charge is 0.850 e. The molecule has 0 N–H and O–H groups in total. The van der Waals surface area contributed by atoms with Gasteiger partial charge in [0.05, 0.1) is 13.7 Å². The van der Waals surface area contributed by atoms with E-state index < -0.39 is 0 Å². The van der Waals surface area contributed by atoms with Crippen molar-refractivity contribution < 1.29 is 14.6 Å². The first kappa shape index (κ1) is 9.88. The van der Waals surface area contributed by atoms with Gasteiger partial charge in [0, 0.05) is 0 Å². The fourth-order valence-corrected chi connectivity index (χ4v) is 1.06. The summed E-state index contributed by atoms with van der Waals surface area (Å²) in [6, 6.07) is 0. The zero-order chi connectivity index (χ0) is 8.04. The van der Waals surface area contributed by atoms with Crippen LogP contribution >= 0.6 is 0 Å². The van der Waals surface area contributed by atoms with Crippen molar-refractivity contribution in [3.63, 3.8) is 0 Å². The number of hydroxylamine groups is 3. The van der Waals surface area contributed by atoms with Crippen LogP contribution < -0.4 is 5.11 Å². The Hall–Kier alpha value is -0.120. The van der Waals surface area contributed by atoms with E-state index in [1.165, 1.54) is 0 Å². The van der Waals surface area contributed by atoms with Gasteiger partial charge in [-0.15, -0.1) is 0 Å². The number of rotatable bonds is 5. The maximum atomic E-state index is 10.3. The van der Waals surface area contributed by atoms with Crippen LogP contribution in [0.3, 0.4) is 0 Å². The highest BCUT2D eigenvalue weighted by atomic mass is 16.7. The molecule has 0 aliphatic carbocycles. The average Bonchev–Trinajstić information content (AvgIpc) is 2.01. The summed E-state index contributed by atoms with van der Waals surface area (Å²) in [5, 5.41) is 10.3. The summed E-state index contributed by atoms with van der Waals surface area (Å²) in [5.74, 6) is 0. The van der Waals surface area contributed by atoms with Crippen molar-refractivity contribution in [2.75, 3.05) is 33.4 Å². The summed E-state index contributed by atoms with van der Waals surface area (Å²) in [5.41, 5.74) is 0. The van der Waals surface area contributed by atoms with Gasteiger partial charge in [-0.25, -0.2) is 4.84 Å². The highest BCUT2D eigenvalue weighted by Gasteiger charge is 2.20. The highest BCUT2D eigenvalue weighted by molar-refractivity contribution is 4.25. The molecule has 0 aromatic heterocycles. The molecule has 10 heavy (non-hydrogen) atoms. The Labute approximate surface area is 62.8 Å². The molecular weight excluding hydrogens is 130 g/mol. The summed E-state index contributed by atoms with van der Waals surface area (Å²) in [4.78, 5) is 5.21. The number of likely N-dealkylation sites (N-methyl/N-ethyl adjacent to an activating group) is 1. The van der Waals surface area contributed by atoms with Crippen molar-refractivity contribution >= 4 is 0 Å². The molecule has 0 aromatic carbocycles. The van der Waals surface area contributed by atoms with Gasteiger partial charge in [0.15, 0.2) is 0 Å². The number of hydrogen-bond acceptors (Lipinski definition) is 2. The van der Waals surface area contributed by atoms with Gasteiger partial charge >= 0.3 is 0 Å². The molecule has 0 heterocycles. The van der Waals surface area contributed by atoms with E-state index in [4.69, 9.17) is 4.84 Å². The van der Waals surface area contributed by atoms with Crippen molar-refractivity contribution in [3.8, 4) is 0 Å². The van der Waals surface area contributed by atoms with Crippen LogP contribution in [0.15, 0.2) is 0 Å². The van der Waals surface area contributed by atoms with E-state index in [-0.39, 0.29) is 6.61 Å². The van der Waals surface area contributed by atoms with Gasteiger partial charge in [0.25, 0.3) is 0 Å². The second-order valence-electron chi connectivity index (χ2n) is 2.30. The molecule has 0 saturated heterocycles. The summed E-state index contributed by atoms with van der Waals surface area (Å²) < 4.78 is 0.490. The highest BCUT2D eigenvalue weighted by Crippen LogP contribution is 2.03. The van der Waals surface area contributed by atoms with Gasteiger partial charge in [-0.2, -0.15) is 4.65 Å². The van der Waals surface area contributed by atoms with Crippen LogP contribution in [0, 0.1) is 0 Å². The second-order valence-corrected chi connectivity index (χ2v) is 2.30.